The Morgan fingerprint density at radius 1 is 1.26 bits per heavy atom. The number of allylic oxidation sites excluding steroid dienone is 1. The molecule has 0 atom stereocenters. The van der Waals surface area contributed by atoms with Crippen LogP contribution in [0.5, 0.6) is 5.75 Å². The lowest BCUT2D eigenvalue weighted by Gasteiger charge is -2.15. The van der Waals surface area contributed by atoms with Crippen LogP contribution in [0.1, 0.15) is 48.0 Å². The number of halogens is 3. The molecule has 0 aromatic carbocycles. The van der Waals surface area contributed by atoms with Crippen molar-refractivity contribution >= 4 is 39.5 Å². The molecule has 0 radical (unpaired) electrons. The van der Waals surface area contributed by atoms with E-state index in [1.54, 1.807) is 6.92 Å². The van der Waals surface area contributed by atoms with Gasteiger partial charge in [0.05, 0.1) is 18.4 Å². The molecule has 170 valence electrons. The minimum atomic E-state index is -6.17. The molecule has 2 aromatic heterocycles. The number of Topliss-reactive ketones (excluding diaryl/α,β-unsaturated/α-hetero) is 1. The van der Waals surface area contributed by atoms with Gasteiger partial charge in [-0.15, -0.1) is 0 Å². The van der Waals surface area contributed by atoms with E-state index in [9.17, 15) is 31.2 Å². The summed E-state index contributed by atoms with van der Waals surface area (Å²) in [6.07, 6.45) is 5.43. The molecule has 2 aromatic rings. The zero-order valence-corrected chi connectivity index (χ0v) is 18.2. The molecule has 12 heteroatoms. The van der Waals surface area contributed by atoms with E-state index in [1.807, 2.05) is 13.8 Å². The highest BCUT2D eigenvalue weighted by atomic mass is 32.2. The number of carbonyl (C=O) groups excluding carboxylic acids is 2. The number of esters is 1. The first-order valence-corrected chi connectivity index (χ1v) is 10.2. The summed E-state index contributed by atoms with van der Waals surface area (Å²) in [7, 11) is -5.28. The summed E-state index contributed by atoms with van der Waals surface area (Å²) in [4.78, 5) is 24.2. The Labute approximate surface area is 177 Å². The molecule has 0 saturated carbocycles. The molecule has 8 nitrogen and oxygen atoms in total. The van der Waals surface area contributed by atoms with Crippen molar-refractivity contribution in [3.63, 3.8) is 0 Å². The van der Waals surface area contributed by atoms with Gasteiger partial charge in [0.1, 0.15) is 5.52 Å². The van der Waals surface area contributed by atoms with Gasteiger partial charge in [-0.25, -0.2) is 9.31 Å². The van der Waals surface area contributed by atoms with Crippen molar-refractivity contribution in [2.75, 3.05) is 7.11 Å². The van der Waals surface area contributed by atoms with Crippen LogP contribution in [0.2, 0.25) is 0 Å². The summed E-state index contributed by atoms with van der Waals surface area (Å²) in [6.45, 7) is 10.4. The van der Waals surface area contributed by atoms with Crippen LogP contribution in [0.4, 0.5) is 13.2 Å². The van der Waals surface area contributed by atoms with Crippen LogP contribution < -0.4 is 4.18 Å². The molecule has 0 bridgehead atoms. The molecule has 0 aliphatic rings. The molecule has 31 heavy (non-hydrogen) atoms. The summed E-state index contributed by atoms with van der Waals surface area (Å²) in [5.41, 5.74) is -6.50. The second-order valence-electron chi connectivity index (χ2n) is 5.62. The monoisotopic (exact) mass is 462 g/mol. The van der Waals surface area contributed by atoms with E-state index in [0.29, 0.717) is 0 Å². The molecule has 0 amide bonds. The Balaban J connectivity index is 0.00000233. The van der Waals surface area contributed by atoms with Crippen LogP contribution in [0.3, 0.4) is 0 Å². The van der Waals surface area contributed by atoms with Gasteiger partial charge in [-0.2, -0.15) is 26.7 Å². The van der Waals surface area contributed by atoms with Crippen LogP contribution in [-0.4, -0.2) is 42.4 Å². The van der Waals surface area contributed by atoms with Crippen molar-refractivity contribution in [3.8, 4) is 5.75 Å². The number of nitrogens with zero attached hydrogens (tertiary/aromatic N) is 2. The van der Waals surface area contributed by atoms with E-state index < -0.39 is 38.7 Å². The minimum Gasteiger partial charge on any atom is -0.463 e. The first kappa shape index (κ1) is 25.9. The number of fused-ring (bicyclic) bond motifs is 1. The van der Waals surface area contributed by atoms with Crippen LogP contribution in [0.15, 0.2) is 18.9 Å². The van der Waals surface area contributed by atoms with Gasteiger partial charge < -0.3 is 8.92 Å². The number of ketones is 1. The molecular weight excluding hydrogens is 441 g/mol. The van der Waals surface area contributed by atoms with Gasteiger partial charge in [0.15, 0.2) is 5.75 Å². The van der Waals surface area contributed by atoms with Gasteiger partial charge >= 0.3 is 21.6 Å². The van der Waals surface area contributed by atoms with Gasteiger partial charge in [0.25, 0.3) is 5.78 Å². The van der Waals surface area contributed by atoms with Crippen molar-refractivity contribution in [1.82, 2.24) is 9.61 Å². The molecule has 0 saturated heterocycles. The number of carbonyl (C=O) groups is 2. The smallest absolute Gasteiger partial charge is 0.463 e. The molecule has 2 heterocycles. The van der Waals surface area contributed by atoms with Gasteiger partial charge in [-0.3, -0.25) is 4.79 Å². The van der Waals surface area contributed by atoms with Crippen molar-refractivity contribution in [2.45, 2.75) is 33.2 Å². The zero-order chi connectivity index (χ0) is 24.1. The Morgan fingerprint density at radius 2 is 1.84 bits per heavy atom. The number of rotatable bonds is 6. The van der Waals surface area contributed by atoms with Crippen molar-refractivity contribution in [2.24, 2.45) is 0 Å². The fraction of sp³-hybridized carbons (Fsp3) is 0.316. The Bertz CT molecular complexity index is 1150. The number of alkyl halides is 3. The molecule has 0 spiro atoms. The average molecular weight is 462 g/mol. The molecule has 0 fully saturated rings. The molecule has 0 N–H and O–H groups in total. The lowest BCUT2D eigenvalue weighted by Crippen LogP contribution is -2.29. The maximum Gasteiger partial charge on any atom is 0.534 e. The van der Waals surface area contributed by atoms with E-state index in [0.717, 1.165) is 11.6 Å². The van der Waals surface area contributed by atoms with E-state index in [2.05, 4.69) is 20.6 Å². The lowest BCUT2D eigenvalue weighted by atomic mass is 10.0. The number of methoxy groups -OCH3 is 1. The van der Waals surface area contributed by atoms with Crippen LogP contribution in [0, 0.1) is 6.92 Å². The minimum absolute atomic E-state index is 0.0644. The molecule has 2 rings (SSSR count). The molecule has 0 aliphatic carbocycles. The lowest BCUT2D eigenvalue weighted by molar-refractivity contribution is -0.135. The van der Waals surface area contributed by atoms with E-state index in [1.165, 1.54) is 31.3 Å². The maximum absolute atomic E-state index is 13.0. The summed E-state index contributed by atoms with van der Waals surface area (Å²) in [6, 6.07) is 0. The van der Waals surface area contributed by atoms with E-state index >= 15 is 0 Å². The van der Waals surface area contributed by atoms with Crippen LogP contribution in [-0.2, 0) is 19.6 Å². The number of aryl methyl sites for hydroxylation is 1. The standard InChI is InChI=1S/C17H15F3N2O6S.C2H6/c1-5-7-10-11(6-2)21-22-8-9(3)12(14(23)16(24)27-4)15(13(10)22)28-29(25,26)17(18,19)20;1-2/h5-8H,2H2,1,3-4H3;1-2H3/b7-5-;. The Morgan fingerprint density at radius 3 is 2.29 bits per heavy atom. The zero-order valence-electron chi connectivity index (χ0n) is 17.4. The predicted octanol–water partition coefficient (Wildman–Crippen LogP) is 3.93. The quantitative estimate of drug-likeness (QED) is 0.211. The summed E-state index contributed by atoms with van der Waals surface area (Å²) < 4.78 is 72.0. The molecule has 0 aliphatic heterocycles. The fourth-order valence-corrected chi connectivity index (χ4v) is 3.00. The van der Waals surface area contributed by atoms with Gasteiger partial charge in [0, 0.05) is 11.8 Å². The van der Waals surface area contributed by atoms with Crippen molar-refractivity contribution in [1.29, 1.82) is 0 Å². The topological polar surface area (TPSA) is 104 Å². The van der Waals surface area contributed by atoms with Crippen molar-refractivity contribution < 1.29 is 40.1 Å². The Hall–Kier alpha value is -3.15. The van der Waals surface area contributed by atoms with Crippen LogP contribution >= 0.6 is 0 Å². The maximum atomic E-state index is 13.0. The third-order valence-electron chi connectivity index (χ3n) is 3.73. The number of hydrogen-bond donors (Lipinski definition) is 0. The SMILES string of the molecule is C=Cc1nn2cc(C)c(C(=O)C(=O)OC)c(OS(=O)(=O)C(F)(F)F)c2c1/C=C\C.CC. The summed E-state index contributed by atoms with van der Waals surface area (Å²) in [5.74, 6) is -3.79. The molecular formula is C19H21F3N2O6S. The highest BCUT2D eigenvalue weighted by Gasteiger charge is 2.49. The van der Waals surface area contributed by atoms with E-state index in [4.69, 9.17) is 0 Å². The number of pyridine rings is 1. The fourth-order valence-electron chi connectivity index (χ4n) is 2.53. The number of hydrogen-bond acceptors (Lipinski definition) is 7. The van der Waals surface area contributed by atoms with Gasteiger partial charge in [-0.1, -0.05) is 32.6 Å². The summed E-state index contributed by atoms with van der Waals surface area (Å²) >= 11 is 0. The second-order valence-corrected chi connectivity index (χ2v) is 7.15. The number of aromatic nitrogens is 2. The highest BCUT2D eigenvalue weighted by Crippen LogP contribution is 2.37. The van der Waals surface area contributed by atoms with Gasteiger partial charge in [0.2, 0.25) is 0 Å². The third kappa shape index (κ3) is 4.95. The first-order chi connectivity index (χ1) is 14.4. The number of ether oxygens (including phenoxy) is 1. The normalized spacial score (nSPS) is 11.7. The highest BCUT2D eigenvalue weighted by molar-refractivity contribution is 7.88. The van der Waals surface area contributed by atoms with Gasteiger partial charge in [-0.05, 0) is 25.5 Å². The summed E-state index contributed by atoms with van der Waals surface area (Å²) in [5, 5.41) is 4.09. The third-order valence-corrected chi connectivity index (χ3v) is 4.68. The largest absolute Gasteiger partial charge is 0.534 e. The van der Waals surface area contributed by atoms with Crippen LogP contribution in [0.25, 0.3) is 17.7 Å². The second kappa shape index (κ2) is 9.77. The molecule has 0 unspecified atom stereocenters. The average Bonchev–Trinajstić information content (AvgIpc) is 3.04. The van der Waals surface area contributed by atoms with E-state index in [-0.39, 0.29) is 22.3 Å². The Kier molecular flexibility index (Phi) is 8.16. The van der Waals surface area contributed by atoms with Crippen molar-refractivity contribution in [3.05, 3.63) is 41.2 Å². The predicted molar refractivity (Wildman–Crippen MR) is 108 cm³/mol. The first-order valence-electron chi connectivity index (χ1n) is 8.84.